The topological polar surface area (TPSA) is 293 Å². The molecule has 3 aromatic heterocycles. The zero-order valence-corrected chi connectivity index (χ0v) is 27.3. The fourth-order valence-corrected chi connectivity index (χ4v) is 8.78. The molecule has 2 fully saturated rings. The van der Waals surface area contributed by atoms with Crippen molar-refractivity contribution in [1.82, 2.24) is 29.1 Å². The van der Waals surface area contributed by atoms with Crippen LogP contribution in [-0.2, 0) is 55.6 Å². The number of carbonyl (C=O) groups is 4. The summed E-state index contributed by atoms with van der Waals surface area (Å²) in [6.45, 7) is -1.72. The molecule has 0 aliphatic carbocycles. The molecule has 6 N–H and O–H groups in total. The lowest BCUT2D eigenvalue weighted by atomic mass is 9.89. The van der Waals surface area contributed by atoms with Gasteiger partial charge in [0.1, 0.15) is 53.6 Å². The predicted molar refractivity (Wildman–Crippen MR) is 164 cm³/mol. The van der Waals surface area contributed by atoms with Gasteiger partial charge in [0.25, 0.3) is 0 Å². The quantitative estimate of drug-likeness (QED) is 0.127. The molecule has 49 heavy (non-hydrogen) atoms. The van der Waals surface area contributed by atoms with Gasteiger partial charge in [-0.3, -0.25) is 27.4 Å². The molecule has 3 aliphatic rings. The van der Waals surface area contributed by atoms with E-state index in [4.69, 9.17) is 19.4 Å². The number of Topliss-reactive ketones (excluding diaryl/α,β-unsaturated/α-hetero) is 1. The average molecular weight is 742 g/mol. The number of aliphatic carboxylic acids is 1. The molecule has 0 aromatic carbocycles. The lowest BCUT2D eigenvalue weighted by Gasteiger charge is -2.49. The molecule has 3 aliphatic heterocycles. The third-order valence-electron chi connectivity index (χ3n) is 7.89. The molecule has 2 saturated heterocycles. The minimum atomic E-state index is -4.91. The van der Waals surface area contributed by atoms with E-state index in [9.17, 15) is 47.1 Å². The van der Waals surface area contributed by atoms with Crippen molar-refractivity contribution >= 4 is 73.2 Å². The molecular weight excluding hydrogens is 715 g/mol. The molecule has 20 nitrogen and oxygen atoms in total. The molecule has 6 heterocycles. The van der Waals surface area contributed by atoms with Crippen LogP contribution in [0.25, 0.3) is 11.2 Å². The summed E-state index contributed by atoms with van der Waals surface area (Å²) in [5, 5.41) is 31.5. The van der Waals surface area contributed by atoms with Gasteiger partial charge in [-0.25, -0.2) is 24.5 Å². The van der Waals surface area contributed by atoms with E-state index in [0.717, 1.165) is 16.1 Å². The molecule has 262 valence electrons. The monoisotopic (exact) mass is 741 g/mol. The van der Waals surface area contributed by atoms with Crippen LogP contribution in [0.2, 0.25) is 0 Å². The lowest BCUT2D eigenvalue weighted by molar-refractivity contribution is -0.154. The van der Waals surface area contributed by atoms with Crippen LogP contribution in [0.1, 0.15) is 17.5 Å². The number of nitrogens with zero attached hydrogens (tertiary/aromatic N) is 5. The molecule has 1 unspecified atom stereocenters. The summed E-state index contributed by atoms with van der Waals surface area (Å²) in [6.07, 6.45) is -5.30. The van der Waals surface area contributed by atoms with Crippen molar-refractivity contribution < 1.29 is 60.8 Å². The fraction of sp³-hybridized carbons (Fsp3) is 0.423. The summed E-state index contributed by atoms with van der Waals surface area (Å²) in [5.41, 5.74) is 5.31. The van der Waals surface area contributed by atoms with Crippen LogP contribution >= 0.6 is 11.3 Å². The summed E-state index contributed by atoms with van der Waals surface area (Å²) in [7, 11) is -6.78. The van der Waals surface area contributed by atoms with Crippen molar-refractivity contribution in [3.63, 3.8) is 0 Å². The predicted octanol–water partition coefficient (Wildman–Crippen LogP) is -1.84. The third-order valence-corrected chi connectivity index (χ3v) is 11.3. The number of β-lactam (4-membered cyclic amide) rings is 1. The second-order valence-corrected chi connectivity index (χ2v) is 14.9. The highest BCUT2D eigenvalue weighted by atomic mass is 32.2. The first-order valence-electron chi connectivity index (χ1n) is 14.2. The number of nitrogen functional groups attached to an aromatic ring is 1. The number of nitrogens with one attached hydrogen (secondary N) is 1. The zero-order chi connectivity index (χ0) is 35.2. The van der Waals surface area contributed by atoms with Gasteiger partial charge in [-0.15, -0.1) is 11.3 Å². The first-order chi connectivity index (χ1) is 23.3. The maximum Gasteiger partial charge on any atom is 0.423 e. The van der Waals surface area contributed by atoms with Gasteiger partial charge in [-0.2, -0.15) is 13.1 Å². The fourth-order valence-electron chi connectivity index (χ4n) is 5.66. The van der Waals surface area contributed by atoms with E-state index in [1.165, 1.54) is 27.0 Å². The Morgan fingerprint density at radius 3 is 2.69 bits per heavy atom. The van der Waals surface area contributed by atoms with Crippen LogP contribution in [0.5, 0.6) is 0 Å². The van der Waals surface area contributed by atoms with Crippen LogP contribution in [0.4, 0.5) is 10.6 Å². The van der Waals surface area contributed by atoms with Gasteiger partial charge in [-0.1, -0.05) is 6.07 Å². The SMILES string of the molecule is Nc1ncnc2c1ncn2[C@@H]1O[C@H](COS(=O)(=O)NC(=O)OCC2=C(C(=O)O)N3C(=O)[C@@H](CC(=O)Cc4cccs4)[C@H]3S(=O)C2)[C@@H](O)[C@H]1O. The molecule has 0 saturated carbocycles. The van der Waals surface area contributed by atoms with E-state index in [-0.39, 0.29) is 41.2 Å². The maximum absolute atomic E-state index is 13.0. The minimum absolute atomic E-state index is 0.0495. The smallest absolute Gasteiger partial charge is 0.423 e. The van der Waals surface area contributed by atoms with Gasteiger partial charge in [-0.05, 0) is 11.4 Å². The first kappa shape index (κ1) is 34.5. The van der Waals surface area contributed by atoms with E-state index in [1.54, 1.807) is 17.5 Å². The lowest BCUT2D eigenvalue weighted by Crippen LogP contribution is -2.65. The Kier molecular flexibility index (Phi) is 9.49. The number of carbonyl (C=O) groups excluding carboxylic acids is 3. The molecule has 7 atom stereocenters. The molecule has 0 radical (unpaired) electrons. The number of carboxylic acid groups (broad SMARTS) is 1. The highest BCUT2D eigenvalue weighted by molar-refractivity contribution is 7.86. The highest BCUT2D eigenvalue weighted by Crippen LogP contribution is 2.41. The van der Waals surface area contributed by atoms with Gasteiger partial charge >= 0.3 is 22.4 Å². The number of hydrogen-bond acceptors (Lipinski definition) is 17. The Hall–Kier alpha value is -4.39. The summed E-state index contributed by atoms with van der Waals surface area (Å²) < 4.78 is 55.8. The summed E-state index contributed by atoms with van der Waals surface area (Å²) in [4.78, 5) is 63.3. The molecule has 0 bridgehead atoms. The normalized spacial score (nSPS) is 26.8. The Morgan fingerprint density at radius 1 is 1.20 bits per heavy atom. The maximum atomic E-state index is 13.0. The standard InChI is InChI=1S/C26H27N7O13S3/c27-20-16-21(29-9-28-20)32(10-30-16)23-19(36)18(35)15(46-23)7-45-49(42,43)31-26(40)44-6-11-8-48(41)24-14(22(37)33(24)17(11)25(38)39)5-12(34)4-13-2-1-3-47-13/h1-3,9-10,14-15,18-19,23-24,35-36H,4-8H2,(H,31,40)(H,38,39)(H2,27,28,29)/t14-,15-,18-,19-,23-,24-,48?/m1/s1. The summed E-state index contributed by atoms with van der Waals surface area (Å²) in [6, 6.07) is 3.53. The highest BCUT2D eigenvalue weighted by Gasteiger charge is 2.56. The number of rotatable bonds is 12. The number of thiophene rings is 1. The number of nitrogens with two attached hydrogens (primary N) is 1. The molecule has 23 heteroatoms. The Labute approximate surface area is 282 Å². The number of amides is 2. The van der Waals surface area contributed by atoms with Crippen LogP contribution in [0.3, 0.4) is 0 Å². The summed E-state index contributed by atoms with van der Waals surface area (Å²) in [5.74, 6) is -3.94. The zero-order valence-electron chi connectivity index (χ0n) is 24.8. The van der Waals surface area contributed by atoms with Crippen molar-refractivity contribution in [2.75, 3.05) is 24.7 Å². The number of ether oxygens (including phenoxy) is 2. The number of aliphatic hydroxyl groups is 2. The second-order valence-electron chi connectivity index (χ2n) is 11.0. The van der Waals surface area contributed by atoms with Crippen molar-refractivity contribution in [1.29, 1.82) is 0 Å². The number of imidazole rings is 1. The molecule has 0 spiro atoms. The van der Waals surface area contributed by atoms with Crippen molar-refractivity contribution in [3.8, 4) is 0 Å². The largest absolute Gasteiger partial charge is 0.477 e. The number of hydrogen-bond donors (Lipinski definition) is 5. The van der Waals surface area contributed by atoms with Crippen LogP contribution in [0, 0.1) is 5.92 Å². The van der Waals surface area contributed by atoms with Crippen LogP contribution < -0.4 is 10.5 Å². The number of anilines is 1. The number of fused-ring (bicyclic) bond motifs is 2. The van der Waals surface area contributed by atoms with Crippen LogP contribution in [0.15, 0.2) is 41.4 Å². The number of aliphatic hydroxyl groups excluding tert-OH is 2. The van der Waals surface area contributed by atoms with E-state index in [2.05, 4.69) is 15.0 Å². The molecular formula is C26H27N7O13S3. The average Bonchev–Trinajstić information content (AvgIpc) is 3.78. The van der Waals surface area contributed by atoms with Gasteiger partial charge < -0.3 is 30.5 Å². The number of ketones is 1. The van der Waals surface area contributed by atoms with Gasteiger partial charge in [0, 0.05) is 34.1 Å². The Bertz CT molecular complexity index is 1980. The van der Waals surface area contributed by atoms with Crippen molar-refractivity contribution in [3.05, 3.63) is 46.3 Å². The van der Waals surface area contributed by atoms with Crippen LogP contribution in [-0.4, -0.2) is 119 Å². The van der Waals surface area contributed by atoms with Gasteiger partial charge in [0.05, 0.1) is 24.6 Å². The number of carboxylic acids is 1. The Morgan fingerprint density at radius 2 is 1.98 bits per heavy atom. The van der Waals surface area contributed by atoms with Gasteiger partial charge in [0.15, 0.2) is 17.7 Å². The second kappa shape index (κ2) is 13.5. The molecule has 2 amide bonds. The summed E-state index contributed by atoms with van der Waals surface area (Å²) >= 11 is 1.36. The van der Waals surface area contributed by atoms with Crippen molar-refractivity contribution in [2.24, 2.45) is 5.92 Å². The first-order valence-corrected chi connectivity index (χ1v) is 17.9. The van der Waals surface area contributed by atoms with Crippen molar-refractivity contribution in [2.45, 2.75) is 42.8 Å². The number of aromatic nitrogens is 4. The van der Waals surface area contributed by atoms with E-state index in [0.29, 0.717) is 0 Å². The van der Waals surface area contributed by atoms with Gasteiger partial charge in [0.2, 0.25) is 5.91 Å². The minimum Gasteiger partial charge on any atom is -0.477 e. The third kappa shape index (κ3) is 6.77. The molecule has 3 aromatic rings. The Balaban J connectivity index is 1.04. The van der Waals surface area contributed by atoms with E-state index in [1.807, 2.05) is 0 Å². The van der Waals surface area contributed by atoms with E-state index >= 15 is 0 Å². The van der Waals surface area contributed by atoms with E-state index < -0.39 is 99.6 Å². The molecule has 6 rings (SSSR count).